The van der Waals surface area contributed by atoms with Crippen LogP contribution in [0.5, 0.6) is 0 Å². The van der Waals surface area contributed by atoms with Crippen molar-refractivity contribution >= 4 is 54.4 Å². The molecule has 10 heteroatoms. The third-order valence-electron chi connectivity index (χ3n) is 6.82. The average molecular weight is 642 g/mol. The molecule has 3 aromatic rings. The number of aromatic nitrogens is 1. The number of benzene rings is 2. The molecule has 2 amide bonds. The Morgan fingerprint density at radius 3 is 2.38 bits per heavy atom. The van der Waals surface area contributed by atoms with Crippen LogP contribution < -0.4 is 9.25 Å². The van der Waals surface area contributed by atoms with Gasteiger partial charge in [-0.25, -0.2) is 0 Å². The molecule has 0 N–H and O–H groups in total. The molecule has 5 rings (SSSR count). The third kappa shape index (κ3) is 7.68. The van der Waals surface area contributed by atoms with Crippen LogP contribution in [0.3, 0.4) is 0 Å². The number of hydrogen-bond acceptors (Lipinski definition) is 7. The van der Waals surface area contributed by atoms with E-state index in [1.165, 1.54) is 15.9 Å². The average Bonchev–Trinajstić information content (AvgIpc) is 3.65. The van der Waals surface area contributed by atoms with Crippen molar-refractivity contribution in [3.8, 4) is 0 Å². The zero-order valence-corrected chi connectivity index (χ0v) is 26.8. The van der Waals surface area contributed by atoms with Gasteiger partial charge < -0.3 is 0 Å². The maximum atomic E-state index is 13.9. The zero-order chi connectivity index (χ0) is 28.1. The predicted octanol–water partition coefficient (Wildman–Crippen LogP) is 5.73. The van der Waals surface area contributed by atoms with E-state index in [4.69, 9.17) is 9.26 Å². The van der Waals surface area contributed by atoms with Crippen molar-refractivity contribution in [2.24, 2.45) is 5.92 Å². The summed E-state index contributed by atoms with van der Waals surface area (Å²) in [6, 6.07) is 20.4. The topological polar surface area (TPSA) is 75.9 Å². The Morgan fingerprint density at radius 2 is 1.73 bits per heavy atom. The molecular formula is C30H36AsN3O4S2. The summed E-state index contributed by atoms with van der Waals surface area (Å²) in [6.07, 6.45) is 1.93. The van der Waals surface area contributed by atoms with Crippen molar-refractivity contribution in [3.05, 3.63) is 77.7 Å². The summed E-state index contributed by atoms with van der Waals surface area (Å²) in [5, 5.41) is 4.17. The summed E-state index contributed by atoms with van der Waals surface area (Å²) in [5.41, 5.74) is 1.78. The summed E-state index contributed by atoms with van der Waals surface area (Å²) in [5.74, 6) is 3.23. The van der Waals surface area contributed by atoms with Crippen LogP contribution in [0, 0.1) is 5.92 Å². The normalized spacial score (nSPS) is 16.7. The van der Waals surface area contributed by atoms with E-state index in [2.05, 4.69) is 49.5 Å². The number of ether oxygens (including phenoxy) is 1. The van der Waals surface area contributed by atoms with Crippen molar-refractivity contribution in [1.29, 1.82) is 0 Å². The van der Waals surface area contributed by atoms with Crippen LogP contribution in [0.15, 0.2) is 65.2 Å². The van der Waals surface area contributed by atoms with Gasteiger partial charge in [0.1, 0.15) is 5.60 Å². The first-order chi connectivity index (χ1) is 19.2. The van der Waals surface area contributed by atoms with Crippen LogP contribution in [-0.2, 0) is 11.2 Å². The molecule has 40 heavy (non-hydrogen) atoms. The molecule has 0 radical (unpaired) electrons. The van der Waals surface area contributed by atoms with Gasteiger partial charge in [0.25, 0.3) is 0 Å². The number of nitrogens with zero attached hydrogens (tertiary/aromatic N) is 3. The van der Waals surface area contributed by atoms with E-state index in [9.17, 15) is 9.59 Å². The molecule has 1 aromatic heterocycles. The Kier molecular flexibility index (Phi) is 9.54. The minimum atomic E-state index is -1.10. The number of likely N-dealkylation sites (tertiary alicyclic amines) is 1. The maximum absolute atomic E-state index is 13.9. The predicted molar refractivity (Wildman–Crippen MR) is 165 cm³/mol. The van der Waals surface area contributed by atoms with Gasteiger partial charge in [0, 0.05) is 0 Å². The Labute approximate surface area is 247 Å². The molecule has 0 aliphatic carbocycles. The van der Waals surface area contributed by atoms with Crippen LogP contribution in [0.1, 0.15) is 55.4 Å². The molecule has 2 aliphatic rings. The van der Waals surface area contributed by atoms with E-state index in [-0.39, 0.29) is 17.9 Å². The van der Waals surface area contributed by atoms with E-state index < -0.39 is 17.9 Å². The fourth-order valence-corrected chi connectivity index (χ4v) is 18.9. The molecule has 2 aliphatic heterocycles. The Bertz CT molecular complexity index is 1280. The van der Waals surface area contributed by atoms with Gasteiger partial charge in [-0.15, -0.1) is 0 Å². The molecule has 2 saturated heterocycles. The van der Waals surface area contributed by atoms with Crippen molar-refractivity contribution in [3.63, 3.8) is 0 Å². The molecule has 0 unspecified atom stereocenters. The second-order valence-electron chi connectivity index (χ2n) is 11.1. The number of carbonyl (C=O) groups is 2. The first-order valence-electron chi connectivity index (χ1n) is 13.7. The van der Waals surface area contributed by atoms with Crippen molar-refractivity contribution in [1.82, 2.24) is 10.1 Å². The molecule has 0 spiro atoms. The van der Waals surface area contributed by atoms with Crippen molar-refractivity contribution in [2.75, 3.05) is 36.0 Å². The summed E-state index contributed by atoms with van der Waals surface area (Å²) in [6.45, 7) is 7.45. The SMILES string of the molecule is CC(C)(C)OC(=O)N1CCC(CN(C(=O)c2cc(Cc3ccccc3)on2)c2ccc([As]3SCCS3)cc2)CC1. The molecule has 3 heterocycles. The number of carbonyl (C=O) groups excluding carboxylic acids is 2. The number of hydrogen-bond donors (Lipinski definition) is 0. The fourth-order valence-electron chi connectivity index (χ4n) is 4.80. The van der Waals surface area contributed by atoms with Gasteiger partial charge in [-0.3, -0.25) is 0 Å². The van der Waals surface area contributed by atoms with Crippen LogP contribution in [-0.4, -0.2) is 71.1 Å². The van der Waals surface area contributed by atoms with Gasteiger partial charge in [0.15, 0.2) is 0 Å². The van der Waals surface area contributed by atoms with Crippen LogP contribution in [0.2, 0.25) is 0 Å². The van der Waals surface area contributed by atoms with Gasteiger partial charge >= 0.3 is 204 Å². The minimum absolute atomic E-state index is 0.159. The van der Waals surface area contributed by atoms with E-state index in [1.54, 1.807) is 11.0 Å². The van der Waals surface area contributed by atoms with Gasteiger partial charge in [0.2, 0.25) is 0 Å². The van der Waals surface area contributed by atoms with E-state index in [0.29, 0.717) is 37.5 Å². The number of rotatable bonds is 7. The summed E-state index contributed by atoms with van der Waals surface area (Å²) in [4.78, 5) is 30.0. The van der Waals surface area contributed by atoms with Crippen LogP contribution in [0.4, 0.5) is 10.5 Å². The number of piperidine rings is 1. The zero-order valence-electron chi connectivity index (χ0n) is 23.2. The molecule has 2 aromatic carbocycles. The molecule has 7 nitrogen and oxygen atoms in total. The second-order valence-corrected chi connectivity index (χ2v) is 22.8. The quantitative estimate of drug-likeness (QED) is 0.305. The molecule has 0 bridgehead atoms. The number of amides is 2. The Morgan fingerprint density at radius 1 is 1.05 bits per heavy atom. The summed E-state index contributed by atoms with van der Waals surface area (Å²) >= 11 is -1.10. The van der Waals surface area contributed by atoms with Gasteiger partial charge in [-0.05, 0) is 20.8 Å². The van der Waals surface area contributed by atoms with E-state index in [0.717, 1.165) is 24.1 Å². The third-order valence-corrected chi connectivity index (χ3v) is 20.6. The second kappa shape index (κ2) is 13.1. The van der Waals surface area contributed by atoms with Crippen molar-refractivity contribution < 1.29 is 18.8 Å². The Hall–Kier alpha value is -2.35. The van der Waals surface area contributed by atoms with E-state index in [1.807, 2.05) is 56.0 Å². The van der Waals surface area contributed by atoms with Gasteiger partial charge in [-0.1, -0.05) is 18.2 Å². The number of anilines is 1. The summed E-state index contributed by atoms with van der Waals surface area (Å²) in [7, 11) is 4.23. The molecule has 2 fully saturated rings. The van der Waals surface area contributed by atoms with Gasteiger partial charge in [0.05, 0.1) is 0 Å². The monoisotopic (exact) mass is 641 g/mol. The standard InChI is InChI=1S/C30H36AsN3O4S2/c1-30(2,3)37-29(36)33-15-13-23(14-16-33)21-34(25-11-9-24(10-12-25)31-39-17-18-40-31)28(35)27-20-26(38-32-27)19-22-7-5-4-6-8-22/h4-12,20,23H,13-19,21H2,1-3H3. The van der Waals surface area contributed by atoms with E-state index >= 15 is 0 Å². The molecule has 212 valence electrons. The first-order valence-corrected chi connectivity index (χ1v) is 21.1. The van der Waals surface area contributed by atoms with Crippen LogP contribution >= 0.6 is 20.0 Å². The Balaban J connectivity index is 1.30. The summed E-state index contributed by atoms with van der Waals surface area (Å²) < 4.78 is 12.6. The van der Waals surface area contributed by atoms with Gasteiger partial charge in [-0.2, -0.15) is 0 Å². The molecule has 0 atom stereocenters. The molecular weight excluding hydrogens is 605 g/mol. The van der Waals surface area contributed by atoms with Crippen molar-refractivity contribution in [2.45, 2.75) is 45.6 Å². The van der Waals surface area contributed by atoms with Crippen LogP contribution in [0.25, 0.3) is 0 Å². The first kappa shape index (κ1) is 29.2. The fraction of sp³-hybridized carbons (Fsp3) is 0.433. The molecule has 0 saturated carbocycles.